The number of hydrogen-bond acceptors (Lipinski definition) is 3. The van der Waals surface area contributed by atoms with Crippen LogP contribution in [0.2, 0.25) is 0 Å². The van der Waals surface area contributed by atoms with E-state index in [0.717, 1.165) is 10.5 Å². The van der Waals surface area contributed by atoms with Gasteiger partial charge in [-0.1, -0.05) is 30.3 Å². The third-order valence-corrected chi connectivity index (χ3v) is 5.50. The Morgan fingerprint density at radius 1 is 1.13 bits per heavy atom. The number of thioether (sulfide) groups is 1. The highest BCUT2D eigenvalue weighted by Crippen LogP contribution is 2.57. The highest BCUT2D eigenvalue weighted by atomic mass is 32.2. The minimum absolute atomic E-state index is 0.0461. The molecule has 1 saturated carbocycles. The van der Waals surface area contributed by atoms with E-state index in [1.807, 2.05) is 30.3 Å². The predicted octanol–water partition coefficient (Wildman–Crippen LogP) is 3.72. The van der Waals surface area contributed by atoms with Crippen LogP contribution in [0.1, 0.15) is 11.5 Å². The molecule has 1 aliphatic carbocycles. The molecule has 120 valence electrons. The van der Waals surface area contributed by atoms with Crippen LogP contribution in [0.3, 0.4) is 0 Å². The summed E-state index contributed by atoms with van der Waals surface area (Å²) in [6, 6.07) is 16.4. The molecule has 1 fully saturated rings. The highest BCUT2D eigenvalue weighted by molar-refractivity contribution is 8.00. The second-order valence-corrected chi connectivity index (χ2v) is 6.77. The van der Waals surface area contributed by atoms with E-state index < -0.39 is 0 Å². The van der Waals surface area contributed by atoms with Gasteiger partial charge in [-0.05, 0) is 29.8 Å². The van der Waals surface area contributed by atoms with Gasteiger partial charge in [-0.3, -0.25) is 9.63 Å². The van der Waals surface area contributed by atoms with Gasteiger partial charge in [0, 0.05) is 23.1 Å². The Bertz CT molecular complexity index is 677. The molecular formula is C18H18FNO2S. The van der Waals surface area contributed by atoms with Crippen molar-refractivity contribution in [1.82, 2.24) is 5.06 Å². The maximum absolute atomic E-state index is 13.2. The zero-order valence-corrected chi connectivity index (χ0v) is 13.8. The average molecular weight is 331 g/mol. The van der Waals surface area contributed by atoms with Crippen molar-refractivity contribution < 1.29 is 14.0 Å². The van der Waals surface area contributed by atoms with E-state index in [-0.39, 0.29) is 28.8 Å². The highest BCUT2D eigenvalue weighted by Gasteiger charge is 2.57. The van der Waals surface area contributed by atoms with Crippen molar-refractivity contribution in [2.75, 3.05) is 14.2 Å². The lowest BCUT2D eigenvalue weighted by atomic mass is 10.1. The second kappa shape index (κ2) is 6.72. The van der Waals surface area contributed by atoms with Crippen molar-refractivity contribution >= 4 is 17.7 Å². The second-order valence-electron chi connectivity index (χ2n) is 5.52. The zero-order valence-electron chi connectivity index (χ0n) is 13.0. The molecule has 3 atom stereocenters. The molecule has 0 radical (unpaired) electrons. The van der Waals surface area contributed by atoms with Crippen LogP contribution in [0.5, 0.6) is 0 Å². The molecular weight excluding hydrogens is 313 g/mol. The summed E-state index contributed by atoms with van der Waals surface area (Å²) in [7, 11) is 3.10. The first-order valence-electron chi connectivity index (χ1n) is 7.40. The van der Waals surface area contributed by atoms with E-state index in [9.17, 15) is 9.18 Å². The molecule has 0 aromatic heterocycles. The number of hydrogen-bond donors (Lipinski definition) is 0. The molecule has 0 aliphatic heterocycles. The van der Waals surface area contributed by atoms with Gasteiger partial charge < -0.3 is 0 Å². The molecule has 0 bridgehead atoms. The molecule has 3 rings (SSSR count). The number of halogens is 1. The summed E-state index contributed by atoms with van der Waals surface area (Å²) in [4.78, 5) is 18.7. The minimum Gasteiger partial charge on any atom is -0.275 e. The molecule has 0 spiro atoms. The van der Waals surface area contributed by atoms with Gasteiger partial charge in [0.2, 0.25) is 0 Å². The van der Waals surface area contributed by atoms with Crippen molar-refractivity contribution in [3.63, 3.8) is 0 Å². The SMILES string of the molecule is CON(C)C(=O)[C@H]1[C@H](Sc2ccccc2)[C@@H]1c1ccc(F)cc1. The smallest absolute Gasteiger partial charge is 0.250 e. The Kier molecular flexibility index (Phi) is 4.68. The van der Waals surface area contributed by atoms with Gasteiger partial charge in [-0.25, -0.2) is 9.45 Å². The molecule has 1 amide bonds. The number of carbonyl (C=O) groups is 1. The van der Waals surface area contributed by atoms with Crippen molar-refractivity contribution in [3.05, 3.63) is 66.0 Å². The van der Waals surface area contributed by atoms with E-state index in [4.69, 9.17) is 4.84 Å². The van der Waals surface area contributed by atoms with Gasteiger partial charge in [-0.15, -0.1) is 11.8 Å². The standard InChI is InChI=1S/C18H18FNO2S/c1-20(22-2)18(21)16-15(12-8-10-13(19)11-9-12)17(16)23-14-6-4-3-5-7-14/h3-11,15-17H,1-2H3/t15-,16-,17-/m1/s1. The summed E-state index contributed by atoms with van der Waals surface area (Å²) in [5, 5.41) is 1.40. The van der Waals surface area contributed by atoms with E-state index in [0.29, 0.717) is 0 Å². The maximum atomic E-state index is 13.2. The normalized spacial score (nSPS) is 22.7. The number of benzene rings is 2. The third-order valence-electron chi connectivity index (χ3n) is 4.09. The predicted molar refractivity (Wildman–Crippen MR) is 88.5 cm³/mol. The van der Waals surface area contributed by atoms with Crippen LogP contribution in [0, 0.1) is 11.7 Å². The van der Waals surface area contributed by atoms with Gasteiger partial charge in [0.25, 0.3) is 5.91 Å². The van der Waals surface area contributed by atoms with Gasteiger partial charge in [0.1, 0.15) is 5.82 Å². The number of amides is 1. The Morgan fingerprint density at radius 3 is 2.39 bits per heavy atom. The molecule has 3 nitrogen and oxygen atoms in total. The van der Waals surface area contributed by atoms with Crippen LogP contribution in [0.4, 0.5) is 4.39 Å². The van der Waals surface area contributed by atoms with Crippen LogP contribution in [0.15, 0.2) is 59.5 Å². The van der Waals surface area contributed by atoms with Crippen LogP contribution >= 0.6 is 11.8 Å². The lowest BCUT2D eigenvalue weighted by molar-refractivity contribution is -0.170. The number of nitrogens with zero attached hydrogens (tertiary/aromatic N) is 1. The first-order chi connectivity index (χ1) is 11.1. The van der Waals surface area contributed by atoms with Crippen LogP contribution < -0.4 is 0 Å². The quantitative estimate of drug-likeness (QED) is 0.782. The minimum atomic E-state index is -0.265. The zero-order chi connectivity index (χ0) is 16.4. The molecule has 0 N–H and O–H groups in total. The molecule has 23 heavy (non-hydrogen) atoms. The van der Waals surface area contributed by atoms with Gasteiger partial charge in [0.05, 0.1) is 13.0 Å². The Labute approximate surface area is 139 Å². The summed E-state index contributed by atoms with van der Waals surface area (Å²) in [6.07, 6.45) is 0. The van der Waals surface area contributed by atoms with Gasteiger partial charge >= 0.3 is 0 Å². The summed E-state index contributed by atoms with van der Waals surface area (Å²) >= 11 is 1.68. The van der Waals surface area contributed by atoms with Crippen LogP contribution in [-0.2, 0) is 9.63 Å². The lowest BCUT2D eigenvalue weighted by Gasteiger charge is -2.13. The van der Waals surface area contributed by atoms with E-state index >= 15 is 0 Å². The number of carbonyl (C=O) groups excluding carboxylic acids is 1. The molecule has 5 heteroatoms. The Morgan fingerprint density at radius 2 is 1.78 bits per heavy atom. The van der Waals surface area contributed by atoms with Crippen molar-refractivity contribution in [3.8, 4) is 0 Å². The maximum Gasteiger partial charge on any atom is 0.250 e. The van der Waals surface area contributed by atoms with Crippen LogP contribution in [-0.4, -0.2) is 30.4 Å². The molecule has 2 aromatic rings. The van der Waals surface area contributed by atoms with Gasteiger partial charge in [-0.2, -0.15) is 0 Å². The lowest BCUT2D eigenvalue weighted by Crippen LogP contribution is -2.28. The number of rotatable bonds is 5. The monoisotopic (exact) mass is 331 g/mol. The fraction of sp³-hybridized carbons (Fsp3) is 0.278. The average Bonchev–Trinajstić information content (AvgIpc) is 3.28. The summed E-state index contributed by atoms with van der Waals surface area (Å²) < 4.78 is 13.2. The largest absolute Gasteiger partial charge is 0.275 e. The Hall–Kier alpha value is -1.85. The first-order valence-corrected chi connectivity index (χ1v) is 8.28. The molecule has 0 heterocycles. The summed E-state index contributed by atoms with van der Waals surface area (Å²) in [5.41, 5.74) is 0.989. The Balaban J connectivity index is 1.82. The molecule has 0 unspecified atom stereocenters. The molecule has 2 aromatic carbocycles. The summed E-state index contributed by atoms with van der Waals surface area (Å²) in [5.74, 6) is -0.393. The van der Waals surface area contributed by atoms with E-state index in [1.54, 1.807) is 30.9 Å². The summed E-state index contributed by atoms with van der Waals surface area (Å²) in [6.45, 7) is 0. The number of hydroxylamine groups is 2. The fourth-order valence-electron chi connectivity index (χ4n) is 2.76. The van der Waals surface area contributed by atoms with Crippen molar-refractivity contribution in [1.29, 1.82) is 0 Å². The van der Waals surface area contributed by atoms with Gasteiger partial charge in [0.15, 0.2) is 0 Å². The fourth-order valence-corrected chi connectivity index (χ4v) is 4.21. The van der Waals surface area contributed by atoms with Crippen molar-refractivity contribution in [2.45, 2.75) is 16.1 Å². The molecule has 0 saturated heterocycles. The van der Waals surface area contributed by atoms with Crippen molar-refractivity contribution in [2.24, 2.45) is 5.92 Å². The van der Waals surface area contributed by atoms with E-state index in [2.05, 4.69) is 0 Å². The third kappa shape index (κ3) is 3.41. The van der Waals surface area contributed by atoms with E-state index in [1.165, 1.54) is 24.3 Å². The molecule has 1 aliphatic rings. The van der Waals surface area contributed by atoms with Crippen LogP contribution in [0.25, 0.3) is 0 Å². The topological polar surface area (TPSA) is 29.5 Å². The first kappa shape index (κ1) is 16.0.